The van der Waals surface area contributed by atoms with Crippen LogP contribution in [0.5, 0.6) is 5.75 Å². The fourth-order valence-corrected chi connectivity index (χ4v) is 0.947. The number of phenolic OH excluding ortho intramolecular Hbond substituents is 1. The van der Waals surface area contributed by atoms with Crippen LogP contribution in [0.15, 0.2) is 18.2 Å². The quantitative estimate of drug-likeness (QED) is 0.665. The van der Waals surface area contributed by atoms with Crippen molar-refractivity contribution in [2.24, 2.45) is 5.73 Å². The lowest BCUT2D eigenvalue weighted by atomic mass is 10.2. The molecule has 4 heteroatoms. The molecule has 17 heavy (non-hydrogen) atoms. The Morgan fingerprint density at radius 1 is 1.41 bits per heavy atom. The Morgan fingerprint density at radius 3 is 2.24 bits per heavy atom. The van der Waals surface area contributed by atoms with Crippen molar-refractivity contribution in [3.63, 3.8) is 0 Å². The van der Waals surface area contributed by atoms with E-state index in [1.165, 1.54) is 6.42 Å². The summed E-state index contributed by atoms with van der Waals surface area (Å²) in [7, 11) is 0. The molecule has 1 rings (SSSR count). The van der Waals surface area contributed by atoms with Gasteiger partial charge in [0, 0.05) is 13.2 Å². The SMILES string of the molecule is CC.CCC.Cc1ccc(NC(N)=S)cc1O.[HH]. The van der Waals surface area contributed by atoms with Gasteiger partial charge in [0.15, 0.2) is 5.11 Å². The summed E-state index contributed by atoms with van der Waals surface area (Å²) < 4.78 is 0. The number of benzene rings is 1. The smallest absolute Gasteiger partial charge is 0.168 e. The fourth-order valence-electron chi connectivity index (χ4n) is 0.829. The van der Waals surface area contributed by atoms with E-state index in [0.29, 0.717) is 5.69 Å². The van der Waals surface area contributed by atoms with Gasteiger partial charge in [0.05, 0.1) is 0 Å². The van der Waals surface area contributed by atoms with Gasteiger partial charge in [-0.15, -0.1) is 0 Å². The molecule has 0 spiro atoms. The minimum absolute atomic E-state index is 0. The minimum atomic E-state index is 0. The summed E-state index contributed by atoms with van der Waals surface area (Å²) in [6, 6.07) is 5.17. The maximum atomic E-state index is 9.29. The predicted molar refractivity (Wildman–Crippen MR) is 82.7 cm³/mol. The molecule has 0 amide bonds. The molecule has 0 aliphatic rings. The Kier molecular flexibility index (Phi) is 11.9. The zero-order chi connectivity index (χ0) is 13.8. The molecule has 0 aliphatic heterocycles. The van der Waals surface area contributed by atoms with Gasteiger partial charge < -0.3 is 16.2 Å². The highest BCUT2D eigenvalue weighted by Crippen LogP contribution is 2.20. The Labute approximate surface area is 112 Å². The van der Waals surface area contributed by atoms with Crippen molar-refractivity contribution < 1.29 is 6.53 Å². The van der Waals surface area contributed by atoms with E-state index in [1.54, 1.807) is 18.2 Å². The summed E-state index contributed by atoms with van der Waals surface area (Å²) in [5, 5.41) is 12.2. The van der Waals surface area contributed by atoms with E-state index in [-0.39, 0.29) is 12.3 Å². The molecular weight excluding hydrogens is 232 g/mol. The first-order valence-corrected chi connectivity index (χ1v) is 6.28. The zero-order valence-corrected chi connectivity index (χ0v) is 12.2. The highest BCUT2D eigenvalue weighted by molar-refractivity contribution is 7.80. The number of hydrogen-bond donors (Lipinski definition) is 3. The Balaban J connectivity index is -0.000000329. The van der Waals surface area contributed by atoms with Crippen LogP contribution in [-0.2, 0) is 0 Å². The molecule has 4 N–H and O–H groups in total. The highest BCUT2D eigenvalue weighted by atomic mass is 32.1. The highest BCUT2D eigenvalue weighted by Gasteiger charge is 1.97. The molecule has 0 aromatic heterocycles. The van der Waals surface area contributed by atoms with E-state index in [2.05, 4.69) is 31.4 Å². The number of rotatable bonds is 1. The van der Waals surface area contributed by atoms with Gasteiger partial charge in [0.1, 0.15) is 5.75 Å². The molecule has 0 saturated heterocycles. The number of thiocarbonyl (C=S) groups is 1. The van der Waals surface area contributed by atoms with Crippen molar-refractivity contribution in [3.05, 3.63) is 23.8 Å². The van der Waals surface area contributed by atoms with E-state index in [0.717, 1.165) is 5.56 Å². The van der Waals surface area contributed by atoms with Gasteiger partial charge in [-0.1, -0.05) is 40.2 Å². The van der Waals surface area contributed by atoms with Crippen molar-refractivity contribution in [1.29, 1.82) is 0 Å². The molecule has 0 saturated carbocycles. The number of nitrogens with one attached hydrogen (secondary N) is 1. The molecule has 0 aliphatic carbocycles. The summed E-state index contributed by atoms with van der Waals surface area (Å²) in [6.07, 6.45) is 1.25. The van der Waals surface area contributed by atoms with E-state index in [9.17, 15) is 5.11 Å². The molecule has 100 valence electrons. The van der Waals surface area contributed by atoms with Crippen LogP contribution in [0, 0.1) is 6.92 Å². The lowest BCUT2D eigenvalue weighted by Crippen LogP contribution is -2.18. The van der Waals surface area contributed by atoms with Crippen LogP contribution < -0.4 is 11.1 Å². The third-order valence-electron chi connectivity index (χ3n) is 1.48. The van der Waals surface area contributed by atoms with Crippen molar-refractivity contribution in [2.45, 2.75) is 41.0 Å². The van der Waals surface area contributed by atoms with Gasteiger partial charge in [-0.25, -0.2) is 0 Å². The summed E-state index contributed by atoms with van der Waals surface area (Å²) in [6.45, 7) is 10.1. The van der Waals surface area contributed by atoms with E-state index < -0.39 is 0 Å². The largest absolute Gasteiger partial charge is 0.508 e. The van der Waals surface area contributed by atoms with E-state index >= 15 is 0 Å². The number of aryl methyl sites for hydroxylation is 1. The Hall–Kier alpha value is -1.29. The average molecular weight is 258 g/mol. The molecule has 0 radical (unpaired) electrons. The van der Waals surface area contributed by atoms with Crippen LogP contribution in [0.2, 0.25) is 0 Å². The molecule has 0 unspecified atom stereocenters. The molecule has 3 nitrogen and oxygen atoms in total. The number of anilines is 1. The monoisotopic (exact) mass is 258 g/mol. The van der Waals surface area contributed by atoms with Gasteiger partial charge in [-0.05, 0) is 30.8 Å². The van der Waals surface area contributed by atoms with Gasteiger partial charge in [0.25, 0.3) is 0 Å². The third-order valence-corrected chi connectivity index (χ3v) is 1.58. The number of aromatic hydroxyl groups is 1. The average Bonchev–Trinajstić information content (AvgIpc) is 2.27. The van der Waals surface area contributed by atoms with Crippen LogP contribution in [-0.4, -0.2) is 10.2 Å². The van der Waals surface area contributed by atoms with Crippen LogP contribution in [0.4, 0.5) is 5.69 Å². The van der Waals surface area contributed by atoms with E-state index in [4.69, 9.17) is 5.73 Å². The van der Waals surface area contributed by atoms with Crippen molar-refractivity contribution in [3.8, 4) is 5.75 Å². The second kappa shape index (κ2) is 11.2. The summed E-state index contributed by atoms with van der Waals surface area (Å²) in [4.78, 5) is 0. The van der Waals surface area contributed by atoms with E-state index in [1.807, 2.05) is 20.8 Å². The lowest BCUT2D eigenvalue weighted by Gasteiger charge is -2.04. The first-order chi connectivity index (χ1) is 8.01. The number of phenols is 1. The minimum Gasteiger partial charge on any atom is -0.508 e. The molecule has 1 aromatic rings. The van der Waals surface area contributed by atoms with Gasteiger partial charge >= 0.3 is 0 Å². The summed E-state index contributed by atoms with van der Waals surface area (Å²) in [5.41, 5.74) is 6.77. The summed E-state index contributed by atoms with van der Waals surface area (Å²) >= 11 is 4.64. The topological polar surface area (TPSA) is 58.3 Å². The predicted octanol–water partition coefficient (Wildman–Crippen LogP) is 4.04. The van der Waals surface area contributed by atoms with Crippen LogP contribution in [0.1, 0.15) is 41.1 Å². The van der Waals surface area contributed by atoms with Gasteiger partial charge in [-0.2, -0.15) is 0 Å². The maximum absolute atomic E-state index is 9.29. The standard InChI is InChI=1S/C8H10N2OS.C3H8.C2H6.H2/c1-5-2-3-6(4-7(5)11)10-8(9)12;1-3-2;1-2;/h2-4,11H,1H3,(H3,9,10,12);3H2,1-2H3;1-2H3;1H. The normalized spacial score (nSPS) is 8.06. The van der Waals surface area contributed by atoms with Crippen molar-refractivity contribution >= 4 is 23.0 Å². The fraction of sp³-hybridized carbons (Fsp3) is 0.462. The second-order valence-electron chi connectivity index (χ2n) is 3.20. The molecule has 0 atom stereocenters. The second-order valence-corrected chi connectivity index (χ2v) is 3.64. The first-order valence-electron chi connectivity index (χ1n) is 5.87. The Morgan fingerprint density at radius 2 is 1.88 bits per heavy atom. The molecule has 0 fully saturated rings. The maximum Gasteiger partial charge on any atom is 0.168 e. The third kappa shape index (κ3) is 9.63. The van der Waals surface area contributed by atoms with Crippen molar-refractivity contribution in [2.75, 3.05) is 5.32 Å². The Bertz CT molecular complexity index is 333. The van der Waals surface area contributed by atoms with Crippen LogP contribution in [0.3, 0.4) is 0 Å². The van der Waals surface area contributed by atoms with Gasteiger partial charge in [-0.3, -0.25) is 0 Å². The molecule has 0 heterocycles. The lowest BCUT2D eigenvalue weighted by molar-refractivity contribution is 0.471. The zero-order valence-electron chi connectivity index (χ0n) is 11.4. The number of hydrogen-bond acceptors (Lipinski definition) is 2. The molecule has 1 aromatic carbocycles. The van der Waals surface area contributed by atoms with Crippen molar-refractivity contribution in [1.82, 2.24) is 0 Å². The summed E-state index contributed by atoms with van der Waals surface area (Å²) in [5.74, 6) is 0.233. The molecular formula is C13H26N2OS. The van der Waals surface area contributed by atoms with Gasteiger partial charge in [0.2, 0.25) is 0 Å². The molecule has 0 bridgehead atoms. The number of nitrogens with two attached hydrogens (primary N) is 1. The van der Waals surface area contributed by atoms with Crippen LogP contribution >= 0.6 is 12.2 Å². The first kappa shape index (κ1) is 18.1. The van der Waals surface area contributed by atoms with Crippen LogP contribution in [0.25, 0.3) is 0 Å².